The summed E-state index contributed by atoms with van der Waals surface area (Å²) in [5.74, 6) is 0.576. The molecule has 0 unspecified atom stereocenters. The minimum absolute atomic E-state index is 0.00223. The van der Waals surface area contributed by atoms with Gasteiger partial charge in [-0.25, -0.2) is 0 Å². The Morgan fingerprint density at radius 3 is 2.70 bits per heavy atom. The number of carbonyl (C=O) groups is 1. The number of H-pyrrole nitrogens is 1. The van der Waals surface area contributed by atoms with E-state index in [1.54, 1.807) is 6.07 Å². The number of likely N-dealkylation sites (tertiary alicyclic amines) is 1. The Bertz CT molecular complexity index is 703. The van der Waals surface area contributed by atoms with E-state index in [4.69, 9.17) is 16.3 Å². The molecule has 0 radical (unpaired) electrons. The zero-order chi connectivity index (χ0) is 16.6. The second kappa shape index (κ2) is 6.24. The van der Waals surface area contributed by atoms with E-state index in [9.17, 15) is 4.79 Å². The largest absolute Gasteiger partial charge is 0.485 e. The fourth-order valence-corrected chi connectivity index (χ4v) is 3.19. The molecule has 1 aromatic heterocycles. The van der Waals surface area contributed by atoms with Crippen molar-refractivity contribution < 1.29 is 9.53 Å². The van der Waals surface area contributed by atoms with Gasteiger partial charge in [0.1, 0.15) is 11.9 Å². The molecule has 1 aromatic carbocycles. The lowest BCUT2D eigenvalue weighted by molar-refractivity contribution is -0.141. The minimum Gasteiger partial charge on any atom is -0.485 e. The summed E-state index contributed by atoms with van der Waals surface area (Å²) >= 11 is 6.09. The molecule has 122 valence electrons. The number of carbonyl (C=O) groups excluding carboxylic acids is 1. The van der Waals surface area contributed by atoms with Crippen molar-refractivity contribution in [3.8, 4) is 5.75 Å². The average Bonchev–Trinajstić information content (AvgIpc) is 2.82. The summed E-state index contributed by atoms with van der Waals surface area (Å²) in [5.41, 5.74) is 2.82. The third kappa shape index (κ3) is 3.06. The summed E-state index contributed by atoms with van der Waals surface area (Å²) < 4.78 is 5.84. The first-order valence-corrected chi connectivity index (χ1v) is 8.06. The maximum atomic E-state index is 12.6. The van der Waals surface area contributed by atoms with Crippen LogP contribution in [0.25, 0.3) is 0 Å². The smallest absolute Gasteiger partial charge is 0.230 e. The number of rotatable bonds is 4. The molecule has 2 heterocycles. The van der Waals surface area contributed by atoms with Gasteiger partial charge in [-0.3, -0.25) is 9.89 Å². The Hall–Kier alpha value is -2.01. The normalized spacial score (nSPS) is 16.1. The van der Waals surface area contributed by atoms with Crippen LogP contribution in [0.1, 0.15) is 29.8 Å². The van der Waals surface area contributed by atoms with E-state index in [0.29, 0.717) is 23.9 Å². The quantitative estimate of drug-likeness (QED) is 0.935. The molecule has 0 spiro atoms. The van der Waals surface area contributed by atoms with E-state index in [-0.39, 0.29) is 17.9 Å². The fourth-order valence-electron chi connectivity index (χ4n) is 3.01. The summed E-state index contributed by atoms with van der Waals surface area (Å²) in [7, 11) is 0. The molecule has 23 heavy (non-hydrogen) atoms. The highest BCUT2D eigenvalue weighted by Gasteiger charge is 2.36. The average molecular weight is 334 g/mol. The summed E-state index contributed by atoms with van der Waals surface area (Å²) in [4.78, 5) is 14.4. The number of hydrogen-bond acceptors (Lipinski definition) is 3. The third-order valence-corrected chi connectivity index (χ3v) is 4.59. The van der Waals surface area contributed by atoms with E-state index >= 15 is 0 Å². The number of aromatic amines is 1. The Morgan fingerprint density at radius 1 is 1.39 bits per heavy atom. The Morgan fingerprint density at radius 2 is 2.09 bits per heavy atom. The first kappa shape index (κ1) is 15.9. The van der Waals surface area contributed by atoms with E-state index in [1.165, 1.54) is 0 Å². The van der Waals surface area contributed by atoms with Crippen molar-refractivity contribution >= 4 is 17.5 Å². The van der Waals surface area contributed by atoms with E-state index < -0.39 is 0 Å². The zero-order valence-corrected chi connectivity index (χ0v) is 14.2. The van der Waals surface area contributed by atoms with Gasteiger partial charge in [0.25, 0.3) is 0 Å². The van der Waals surface area contributed by atoms with Crippen molar-refractivity contribution in [3.63, 3.8) is 0 Å². The number of para-hydroxylation sites is 1. The molecule has 1 fully saturated rings. The van der Waals surface area contributed by atoms with Crippen molar-refractivity contribution in [2.45, 2.75) is 32.8 Å². The number of hydrogen-bond donors (Lipinski definition) is 1. The van der Waals surface area contributed by atoms with Crippen LogP contribution in [0, 0.1) is 13.8 Å². The molecule has 0 aliphatic carbocycles. The lowest BCUT2D eigenvalue weighted by Gasteiger charge is -2.40. The van der Waals surface area contributed by atoms with Gasteiger partial charge in [0, 0.05) is 11.3 Å². The van der Waals surface area contributed by atoms with Gasteiger partial charge >= 0.3 is 0 Å². The van der Waals surface area contributed by atoms with Crippen LogP contribution in [0.4, 0.5) is 0 Å². The Labute approximate surface area is 140 Å². The number of nitrogens with zero attached hydrogens (tertiary/aromatic N) is 2. The molecule has 1 N–H and O–H groups in total. The molecule has 5 nitrogen and oxygen atoms in total. The second-order valence-electron chi connectivity index (χ2n) is 5.98. The van der Waals surface area contributed by atoms with Gasteiger partial charge in [-0.05, 0) is 32.9 Å². The van der Waals surface area contributed by atoms with Gasteiger partial charge in [0.05, 0.1) is 29.7 Å². The first-order valence-electron chi connectivity index (χ1n) is 7.68. The Kier molecular flexibility index (Phi) is 4.31. The summed E-state index contributed by atoms with van der Waals surface area (Å²) in [5, 5.41) is 7.70. The highest BCUT2D eigenvalue weighted by molar-refractivity contribution is 6.32. The van der Waals surface area contributed by atoms with Crippen LogP contribution in [0.3, 0.4) is 0 Å². The van der Waals surface area contributed by atoms with Gasteiger partial charge < -0.3 is 9.64 Å². The standard InChI is InChI=1S/C17H20ClN3O2/c1-10(16-11(2)19-20-12(16)3)17(22)21-8-13(9-21)23-15-7-5-4-6-14(15)18/h4-7,10,13H,8-9H2,1-3H3,(H,19,20)/t10-/m1/s1. The molecule has 3 rings (SSSR count). The number of amides is 1. The molecule has 1 atom stereocenters. The number of aromatic nitrogens is 2. The second-order valence-corrected chi connectivity index (χ2v) is 6.39. The molecule has 0 bridgehead atoms. The first-order chi connectivity index (χ1) is 11.0. The van der Waals surface area contributed by atoms with Crippen molar-refractivity contribution in [1.29, 1.82) is 0 Å². The van der Waals surface area contributed by atoms with Gasteiger partial charge in [0.2, 0.25) is 5.91 Å². The lowest BCUT2D eigenvalue weighted by atomic mass is 9.96. The maximum absolute atomic E-state index is 12.6. The van der Waals surface area contributed by atoms with E-state index in [0.717, 1.165) is 17.0 Å². The molecule has 1 aliphatic heterocycles. The number of halogens is 1. The molecular weight excluding hydrogens is 314 g/mol. The van der Waals surface area contributed by atoms with Crippen molar-refractivity contribution in [2.24, 2.45) is 0 Å². The monoisotopic (exact) mass is 333 g/mol. The Balaban J connectivity index is 1.59. The molecule has 2 aromatic rings. The highest BCUT2D eigenvalue weighted by Crippen LogP contribution is 2.29. The molecule has 1 saturated heterocycles. The van der Waals surface area contributed by atoms with Gasteiger partial charge in [0.15, 0.2) is 0 Å². The van der Waals surface area contributed by atoms with Crippen LogP contribution in [-0.4, -0.2) is 40.2 Å². The predicted molar refractivity (Wildman–Crippen MR) is 88.9 cm³/mol. The zero-order valence-electron chi connectivity index (χ0n) is 13.5. The number of benzene rings is 1. The molecule has 6 heteroatoms. The highest BCUT2D eigenvalue weighted by atomic mass is 35.5. The maximum Gasteiger partial charge on any atom is 0.230 e. The molecule has 0 saturated carbocycles. The minimum atomic E-state index is -0.199. The molecular formula is C17H20ClN3O2. The molecule has 1 aliphatic rings. The third-order valence-electron chi connectivity index (χ3n) is 4.28. The summed E-state index contributed by atoms with van der Waals surface area (Å²) in [6.07, 6.45) is -0.00223. The van der Waals surface area contributed by atoms with Crippen LogP contribution in [0.2, 0.25) is 5.02 Å². The number of ether oxygens (including phenoxy) is 1. The van der Waals surface area contributed by atoms with Crippen LogP contribution in [0.5, 0.6) is 5.75 Å². The number of nitrogens with one attached hydrogen (secondary N) is 1. The van der Waals surface area contributed by atoms with Gasteiger partial charge in [-0.1, -0.05) is 23.7 Å². The van der Waals surface area contributed by atoms with Crippen molar-refractivity contribution in [1.82, 2.24) is 15.1 Å². The SMILES string of the molecule is Cc1n[nH]c(C)c1[C@@H](C)C(=O)N1CC(Oc2ccccc2Cl)C1. The van der Waals surface area contributed by atoms with Crippen LogP contribution >= 0.6 is 11.6 Å². The fraction of sp³-hybridized carbons (Fsp3) is 0.412. The van der Waals surface area contributed by atoms with E-state index in [2.05, 4.69) is 10.2 Å². The summed E-state index contributed by atoms with van der Waals surface area (Å²) in [6.45, 7) is 6.96. The van der Waals surface area contributed by atoms with Crippen LogP contribution in [-0.2, 0) is 4.79 Å². The molecule has 1 amide bonds. The van der Waals surface area contributed by atoms with Crippen molar-refractivity contribution in [2.75, 3.05) is 13.1 Å². The van der Waals surface area contributed by atoms with Gasteiger partial charge in [-0.15, -0.1) is 0 Å². The topological polar surface area (TPSA) is 58.2 Å². The van der Waals surface area contributed by atoms with Crippen LogP contribution < -0.4 is 4.74 Å². The predicted octanol–water partition coefficient (Wildman–Crippen LogP) is 3.07. The lowest BCUT2D eigenvalue weighted by Crippen LogP contribution is -2.57. The summed E-state index contributed by atoms with van der Waals surface area (Å²) in [6, 6.07) is 7.39. The van der Waals surface area contributed by atoms with Crippen molar-refractivity contribution in [3.05, 3.63) is 46.2 Å². The van der Waals surface area contributed by atoms with Crippen LogP contribution in [0.15, 0.2) is 24.3 Å². The van der Waals surface area contributed by atoms with E-state index in [1.807, 2.05) is 43.9 Å². The van der Waals surface area contributed by atoms with Gasteiger partial charge in [-0.2, -0.15) is 5.10 Å². The number of aryl methyl sites for hydroxylation is 2.